The number of pyridine rings is 1. The second-order valence-electron chi connectivity index (χ2n) is 9.35. The summed E-state index contributed by atoms with van der Waals surface area (Å²) in [5.74, 6) is 0.120. The van der Waals surface area contributed by atoms with E-state index in [0.29, 0.717) is 25.3 Å². The third kappa shape index (κ3) is 4.60. The summed E-state index contributed by atoms with van der Waals surface area (Å²) in [5, 5.41) is 7.63. The minimum absolute atomic E-state index is 0.120. The molecule has 1 fully saturated rings. The second kappa shape index (κ2) is 9.56. The number of alkyl halides is 3. The highest BCUT2D eigenvalue weighted by molar-refractivity contribution is 5.97. The average molecular weight is 520 g/mol. The van der Waals surface area contributed by atoms with Gasteiger partial charge < -0.3 is 4.90 Å². The molecular weight excluding hydrogens is 495 g/mol. The first-order chi connectivity index (χ1) is 18.4. The van der Waals surface area contributed by atoms with Gasteiger partial charge in [0.1, 0.15) is 5.69 Å². The fraction of sp³-hybridized carbons (Fsp3) is 0.259. The summed E-state index contributed by atoms with van der Waals surface area (Å²) in [5.41, 5.74) is 3.31. The third-order valence-electron chi connectivity index (χ3n) is 6.88. The minimum Gasteiger partial charge on any atom is -0.339 e. The Morgan fingerprint density at radius 1 is 0.947 bits per heavy atom. The van der Waals surface area contributed by atoms with E-state index in [1.807, 2.05) is 35.2 Å². The van der Waals surface area contributed by atoms with Crippen molar-refractivity contribution >= 4 is 22.5 Å². The van der Waals surface area contributed by atoms with Crippen LogP contribution >= 0.6 is 0 Å². The minimum atomic E-state index is -4.49. The van der Waals surface area contributed by atoms with Crippen molar-refractivity contribution in [1.29, 1.82) is 0 Å². The number of benzene rings is 2. The lowest BCUT2D eigenvalue weighted by molar-refractivity contribution is -0.141. The van der Waals surface area contributed by atoms with Crippen LogP contribution in [0.15, 0.2) is 71.7 Å². The number of nitrogens with one attached hydrogen (secondary N) is 1. The van der Waals surface area contributed by atoms with E-state index in [1.54, 1.807) is 4.40 Å². The number of halogens is 3. The van der Waals surface area contributed by atoms with Gasteiger partial charge in [-0.25, -0.2) is 24.3 Å². The maximum atomic E-state index is 13.1. The molecule has 3 aromatic heterocycles. The van der Waals surface area contributed by atoms with Crippen molar-refractivity contribution in [1.82, 2.24) is 29.5 Å². The van der Waals surface area contributed by atoms with Crippen molar-refractivity contribution in [3.8, 4) is 11.1 Å². The van der Waals surface area contributed by atoms with Crippen LogP contribution in [0, 0.1) is 0 Å². The largest absolute Gasteiger partial charge is 0.433 e. The van der Waals surface area contributed by atoms with Gasteiger partial charge in [-0.05, 0) is 41.3 Å². The Balaban J connectivity index is 1.18. The van der Waals surface area contributed by atoms with Gasteiger partial charge in [-0.2, -0.15) is 18.3 Å². The van der Waals surface area contributed by atoms with E-state index in [-0.39, 0.29) is 11.6 Å². The molecule has 0 aliphatic carbocycles. The molecule has 0 unspecified atom stereocenters. The van der Waals surface area contributed by atoms with Crippen molar-refractivity contribution in [2.45, 2.75) is 19.1 Å². The quantitative estimate of drug-likeness (QED) is 0.380. The topological polar surface area (TPSA) is 82.4 Å². The Hall–Kier alpha value is -4.25. The Morgan fingerprint density at radius 2 is 1.76 bits per heavy atom. The molecule has 0 amide bonds. The van der Waals surface area contributed by atoms with Crippen molar-refractivity contribution in [3.05, 3.63) is 88.6 Å². The van der Waals surface area contributed by atoms with Crippen LogP contribution in [0.25, 0.3) is 27.7 Å². The molecule has 0 bridgehead atoms. The summed E-state index contributed by atoms with van der Waals surface area (Å²) in [6.07, 6.45) is -2.52. The molecule has 11 heteroatoms. The molecule has 1 aliphatic rings. The highest BCUT2D eigenvalue weighted by atomic mass is 19.4. The van der Waals surface area contributed by atoms with E-state index in [4.69, 9.17) is 0 Å². The Bertz CT molecular complexity index is 1660. The molecule has 0 atom stereocenters. The van der Waals surface area contributed by atoms with Gasteiger partial charge in [-0.3, -0.25) is 4.90 Å². The summed E-state index contributed by atoms with van der Waals surface area (Å²) < 4.78 is 40.8. The van der Waals surface area contributed by atoms with Crippen LogP contribution in [0.1, 0.15) is 17.7 Å². The molecule has 1 saturated heterocycles. The number of nitrogens with zero attached hydrogens (tertiary/aromatic N) is 6. The average Bonchev–Trinajstić information content (AvgIpc) is 3.14. The van der Waals surface area contributed by atoms with Crippen molar-refractivity contribution < 1.29 is 13.2 Å². The van der Waals surface area contributed by atoms with Crippen LogP contribution in [0.4, 0.5) is 19.1 Å². The summed E-state index contributed by atoms with van der Waals surface area (Å²) >= 11 is 0. The van der Waals surface area contributed by atoms with Gasteiger partial charge in [-0.15, -0.1) is 0 Å². The van der Waals surface area contributed by atoms with E-state index < -0.39 is 11.9 Å². The fourth-order valence-corrected chi connectivity index (χ4v) is 5.02. The fourth-order valence-electron chi connectivity index (χ4n) is 5.02. The number of fused-ring (bicyclic) bond motifs is 3. The number of hydrogen-bond acceptors (Lipinski definition) is 6. The SMILES string of the molecule is O=c1[nH]nc2cc(-c3ccc(CN4CCCN(c5nccc(C(F)(F)F)n5)CC4)cc3)c3ccccc3n12. The van der Waals surface area contributed by atoms with E-state index in [9.17, 15) is 18.0 Å². The highest BCUT2D eigenvalue weighted by Crippen LogP contribution is 2.30. The molecule has 4 heterocycles. The third-order valence-corrected chi connectivity index (χ3v) is 6.88. The van der Waals surface area contributed by atoms with Gasteiger partial charge >= 0.3 is 11.9 Å². The Morgan fingerprint density at radius 3 is 2.58 bits per heavy atom. The number of anilines is 1. The van der Waals surface area contributed by atoms with Gasteiger partial charge in [0.2, 0.25) is 5.95 Å². The summed E-state index contributed by atoms with van der Waals surface area (Å²) in [6, 6.07) is 18.9. The monoisotopic (exact) mass is 519 g/mol. The smallest absolute Gasteiger partial charge is 0.339 e. The second-order valence-corrected chi connectivity index (χ2v) is 9.35. The van der Waals surface area contributed by atoms with E-state index in [1.165, 1.54) is 6.20 Å². The molecule has 5 aromatic rings. The summed E-state index contributed by atoms with van der Waals surface area (Å²) in [7, 11) is 0. The van der Waals surface area contributed by atoms with Crippen LogP contribution in [0.2, 0.25) is 0 Å². The van der Waals surface area contributed by atoms with E-state index >= 15 is 0 Å². The predicted octanol–water partition coefficient (Wildman–Crippen LogP) is 4.36. The van der Waals surface area contributed by atoms with Crippen molar-refractivity contribution in [2.24, 2.45) is 0 Å². The summed E-state index contributed by atoms with van der Waals surface area (Å²) in [4.78, 5) is 24.2. The molecule has 8 nitrogen and oxygen atoms in total. The van der Waals surface area contributed by atoms with Crippen LogP contribution < -0.4 is 10.6 Å². The zero-order valence-electron chi connectivity index (χ0n) is 20.3. The number of hydrogen-bond donors (Lipinski definition) is 1. The maximum Gasteiger partial charge on any atom is 0.433 e. The van der Waals surface area contributed by atoms with Crippen molar-refractivity contribution in [2.75, 3.05) is 31.1 Å². The van der Waals surface area contributed by atoms with Crippen LogP contribution in [0.5, 0.6) is 0 Å². The van der Waals surface area contributed by atoms with Gasteiger partial charge in [-0.1, -0.05) is 42.5 Å². The molecule has 2 aromatic carbocycles. The molecule has 1 N–H and O–H groups in total. The lowest BCUT2D eigenvalue weighted by Crippen LogP contribution is -2.31. The number of aromatic nitrogens is 5. The number of rotatable bonds is 4. The standard InChI is InChI=1S/C27H24F3N7O/c28-27(29,30)23-10-11-31-25(32-23)36-13-3-12-35(14-15-36)17-18-6-8-19(9-7-18)21-16-24-33-34-26(38)37(24)22-5-2-1-4-20(21)22/h1-2,4-11,16H,3,12-15,17H2,(H,34,38). The summed E-state index contributed by atoms with van der Waals surface area (Å²) in [6.45, 7) is 3.39. The normalized spacial score (nSPS) is 15.3. The maximum absolute atomic E-state index is 13.1. The first kappa shape index (κ1) is 24.1. The van der Waals surface area contributed by atoms with Gasteiger partial charge in [0.15, 0.2) is 5.65 Å². The first-order valence-electron chi connectivity index (χ1n) is 12.3. The molecule has 6 rings (SSSR count). The molecule has 0 radical (unpaired) electrons. The molecular formula is C27H24F3N7O. The lowest BCUT2D eigenvalue weighted by atomic mass is 9.99. The van der Waals surface area contributed by atoms with Crippen LogP contribution in [-0.4, -0.2) is 55.6 Å². The number of aromatic amines is 1. The predicted molar refractivity (Wildman–Crippen MR) is 138 cm³/mol. The Labute approximate surface area is 215 Å². The highest BCUT2D eigenvalue weighted by Gasteiger charge is 2.33. The molecule has 0 spiro atoms. The molecule has 38 heavy (non-hydrogen) atoms. The Kier molecular flexibility index (Phi) is 6.07. The zero-order valence-corrected chi connectivity index (χ0v) is 20.3. The van der Waals surface area contributed by atoms with Crippen molar-refractivity contribution in [3.63, 3.8) is 0 Å². The zero-order chi connectivity index (χ0) is 26.3. The molecule has 0 saturated carbocycles. The van der Waals surface area contributed by atoms with Crippen LogP contribution in [0.3, 0.4) is 0 Å². The van der Waals surface area contributed by atoms with Crippen LogP contribution in [-0.2, 0) is 12.7 Å². The van der Waals surface area contributed by atoms with Gasteiger partial charge in [0.05, 0.1) is 5.52 Å². The number of H-pyrrole nitrogens is 1. The molecule has 1 aliphatic heterocycles. The van der Waals surface area contributed by atoms with E-state index in [0.717, 1.165) is 53.2 Å². The van der Waals surface area contributed by atoms with Gasteiger partial charge in [0, 0.05) is 44.3 Å². The van der Waals surface area contributed by atoms with E-state index in [2.05, 4.69) is 49.3 Å². The van der Waals surface area contributed by atoms with Gasteiger partial charge in [0.25, 0.3) is 0 Å². The lowest BCUT2D eigenvalue weighted by Gasteiger charge is -2.22. The number of para-hydroxylation sites is 1. The molecule has 194 valence electrons. The first-order valence-corrected chi connectivity index (χ1v) is 12.3.